The van der Waals surface area contributed by atoms with Crippen LogP contribution in [0, 0.1) is 0 Å². The van der Waals surface area contributed by atoms with Crippen molar-refractivity contribution in [2.45, 2.75) is 18.3 Å². The first-order chi connectivity index (χ1) is 14.6. The number of benzene rings is 2. The molecule has 6 nitrogen and oxygen atoms in total. The quantitative estimate of drug-likeness (QED) is 0.384. The molecule has 7 heteroatoms. The highest BCUT2D eigenvalue weighted by Gasteiger charge is 2.43. The van der Waals surface area contributed by atoms with Gasteiger partial charge in [0, 0.05) is 32.8 Å². The first-order valence-electron chi connectivity index (χ1n) is 10.4. The summed E-state index contributed by atoms with van der Waals surface area (Å²) in [5, 5.41) is 19.5. The molecule has 0 radical (unpaired) electrons. The van der Waals surface area contributed by atoms with Gasteiger partial charge in [-0.2, -0.15) is 0 Å². The average Bonchev–Trinajstić information content (AvgIpc) is 3.03. The third-order valence-corrected chi connectivity index (χ3v) is 5.80. The molecular formula is C23H31BO6. The van der Waals surface area contributed by atoms with E-state index in [4.69, 9.17) is 18.9 Å². The lowest BCUT2D eigenvalue weighted by atomic mass is 9.70. The fourth-order valence-electron chi connectivity index (χ4n) is 4.28. The fraction of sp³-hybridized carbons (Fsp3) is 0.478. The topological polar surface area (TPSA) is 77.4 Å². The van der Waals surface area contributed by atoms with Crippen molar-refractivity contribution in [1.82, 2.24) is 0 Å². The maximum atomic E-state index is 9.77. The number of hydrogen-bond donors (Lipinski definition) is 2. The second-order valence-electron chi connectivity index (χ2n) is 7.52. The predicted octanol–water partition coefficient (Wildman–Crippen LogP) is 1.74. The lowest BCUT2D eigenvalue weighted by Gasteiger charge is -2.32. The molecule has 0 aliphatic heterocycles. The summed E-state index contributed by atoms with van der Waals surface area (Å²) in [5.74, 6) is 0. The standard InChI is InChI=1S/C23H31BO6/c1-27-13-15-29-11-9-23(10-12-30-16-14-28-2)21-6-4-3-5-19(21)20-8-7-18(24(25)26)17-22(20)23/h3-8,17,25-26H,9-16H2,1-2H3. The molecule has 0 fully saturated rings. The van der Waals surface area contributed by atoms with Crippen LogP contribution < -0.4 is 5.46 Å². The molecule has 162 valence electrons. The zero-order valence-corrected chi connectivity index (χ0v) is 17.8. The van der Waals surface area contributed by atoms with E-state index >= 15 is 0 Å². The summed E-state index contributed by atoms with van der Waals surface area (Å²) in [6.07, 6.45) is 1.53. The molecule has 3 rings (SSSR count). The molecule has 2 aromatic carbocycles. The van der Waals surface area contributed by atoms with E-state index in [0.29, 0.717) is 45.1 Å². The zero-order chi connectivity index (χ0) is 21.4. The van der Waals surface area contributed by atoms with Crippen molar-refractivity contribution in [1.29, 1.82) is 0 Å². The van der Waals surface area contributed by atoms with Crippen LogP contribution in [0.3, 0.4) is 0 Å². The van der Waals surface area contributed by atoms with Gasteiger partial charge in [-0.25, -0.2) is 0 Å². The summed E-state index contributed by atoms with van der Waals surface area (Å²) >= 11 is 0. The minimum absolute atomic E-state index is 0.322. The van der Waals surface area contributed by atoms with Crippen LogP contribution in [0.1, 0.15) is 24.0 Å². The van der Waals surface area contributed by atoms with Gasteiger partial charge in [0.25, 0.3) is 0 Å². The van der Waals surface area contributed by atoms with Crippen LogP contribution in [0.15, 0.2) is 42.5 Å². The van der Waals surface area contributed by atoms with Crippen LogP contribution in [-0.4, -0.2) is 71.0 Å². The largest absolute Gasteiger partial charge is 0.488 e. The molecule has 1 aliphatic carbocycles. The number of methoxy groups -OCH3 is 2. The van der Waals surface area contributed by atoms with Gasteiger partial charge < -0.3 is 29.0 Å². The maximum Gasteiger partial charge on any atom is 0.488 e. The summed E-state index contributed by atoms with van der Waals surface area (Å²) in [4.78, 5) is 0. The highest BCUT2D eigenvalue weighted by atomic mass is 16.5. The van der Waals surface area contributed by atoms with E-state index in [2.05, 4.69) is 18.2 Å². The van der Waals surface area contributed by atoms with E-state index in [9.17, 15) is 10.0 Å². The van der Waals surface area contributed by atoms with Gasteiger partial charge in [0.2, 0.25) is 0 Å². The van der Waals surface area contributed by atoms with Gasteiger partial charge in [-0.05, 0) is 40.6 Å². The van der Waals surface area contributed by atoms with E-state index < -0.39 is 7.12 Å². The normalized spacial score (nSPS) is 13.9. The molecule has 0 saturated heterocycles. The first kappa shape index (κ1) is 22.9. The Kier molecular flexibility index (Phi) is 8.45. The van der Waals surface area contributed by atoms with E-state index in [1.54, 1.807) is 20.3 Å². The van der Waals surface area contributed by atoms with E-state index in [1.165, 1.54) is 11.1 Å². The van der Waals surface area contributed by atoms with E-state index in [1.807, 2.05) is 18.2 Å². The van der Waals surface area contributed by atoms with E-state index in [0.717, 1.165) is 24.0 Å². The highest BCUT2D eigenvalue weighted by molar-refractivity contribution is 6.58. The predicted molar refractivity (Wildman–Crippen MR) is 117 cm³/mol. The summed E-state index contributed by atoms with van der Waals surface area (Å²) in [6.45, 7) is 3.34. The van der Waals surface area contributed by atoms with Crippen LogP contribution in [0.5, 0.6) is 0 Å². The molecule has 2 N–H and O–H groups in total. The van der Waals surface area contributed by atoms with Crippen molar-refractivity contribution in [2.75, 3.05) is 53.9 Å². The van der Waals surface area contributed by atoms with Gasteiger partial charge >= 0.3 is 7.12 Å². The molecule has 0 unspecified atom stereocenters. The Bertz CT molecular complexity index is 796. The SMILES string of the molecule is COCCOCCC1(CCOCCOC)c2ccccc2-c2ccc(B(O)O)cc21. The van der Waals surface area contributed by atoms with Gasteiger partial charge in [-0.1, -0.05) is 42.5 Å². The molecule has 1 aliphatic rings. The van der Waals surface area contributed by atoms with Crippen molar-refractivity contribution in [2.24, 2.45) is 0 Å². The van der Waals surface area contributed by atoms with Crippen molar-refractivity contribution in [3.8, 4) is 11.1 Å². The summed E-state index contributed by atoms with van der Waals surface area (Å²) < 4.78 is 21.8. The van der Waals surface area contributed by atoms with Crippen molar-refractivity contribution >= 4 is 12.6 Å². The molecule has 0 atom stereocenters. The Morgan fingerprint density at radius 3 is 1.93 bits per heavy atom. The van der Waals surface area contributed by atoms with Crippen LogP contribution in [0.4, 0.5) is 0 Å². The lowest BCUT2D eigenvalue weighted by Crippen LogP contribution is -2.34. The van der Waals surface area contributed by atoms with Gasteiger partial charge in [0.15, 0.2) is 0 Å². The zero-order valence-electron chi connectivity index (χ0n) is 17.8. The van der Waals surface area contributed by atoms with Gasteiger partial charge in [-0.15, -0.1) is 0 Å². The summed E-state index contributed by atoms with van der Waals surface area (Å²) in [7, 11) is 1.81. The Balaban J connectivity index is 1.94. The maximum absolute atomic E-state index is 9.77. The molecule has 30 heavy (non-hydrogen) atoms. The Morgan fingerprint density at radius 1 is 0.733 bits per heavy atom. The number of ether oxygens (including phenoxy) is 4. The summed E-state index contributed by atoms with van der Waals surface area (Å²) in [6, 6.07) is 14.1. The smallest absolute Gasteiger partial charge is 0.423 e. The van der Waals surface area contributed by atoms with Crippen molar-refractivity contribution < 1.29 is 29.0 Å². The molecule has 0 amide bonds. The molecule has 0 aromatic heterocycles. The third-order valence-electron chi connectivity index (χ3n) is 5.80. The Hall–Kier alpha value is -1.74. The highest BCUT2D eigenvalue weighted by Crippen LogP contribution is 2.52. The molecule has 0 heterocycles. The second-order valence-corrected chi connectivity index (χ2v) is 7.52. The van der Waals surface area contributed by atoms with Crippen LogP contribution >= 0.6 is 0 Å². The lowest BCUT2D eigenvalue weighted by molar-refractivity contribution is 0.0491. The van der Waals surface area contributed by atoms with Crippen LogP contribution in [0.2, 0.25) is 0 Å². The number of rotatable bonds is 13. The van der Waals surface area contributed by atoms with Gasteiger partial charge in [-0.3, -0.25) is 0 Å². The first-order valence-corrected chi connectivity index (χ1v) is 10.4. The van der Waals surface area contributed by atoms with Crippen molar-refractivity contribution in [3.05, 3.63) is 53.6 Å². The van der Waals surface area contributed by atoms with E-state index in [-0.39, 0.29) is 5.41 Å². The van der Waals surface area contributed by atoms with Crippen LogP contribution in [0.25, 0.3) is 11.1 Å². The fourth-order valence-corrected chi connectivity index (χ4v) is 4.28. The molecule has 2 aromatic rings. The number of hydrogen-bond acceptors (Lipinski definition) is 6. The second kappa shape index (κ2) is 11.0. The summed E-state index contributed by atoms with van der Waals surface area (Å²) in [5.41, 5.74) is 4.81. The molecule has 0 spiro atoms. The monoisotopic (exact) mass is 414 g/mol. The molecule has 0 bridgehead atoms. The minimum atomic E-state index is -1.51. The van der Waals surface area contributed by atoms with Gasteiger partial charge in [0.1, 0.15) is 0 Å². The minimum Gasteiger partial charge on any atom is -0.423 e. The van der Waals surface area contributed by atoms with Gasteiger partial charge in [0.05, 0.1) is 26.4 Å². The third kappa shape index (κ3) is 4.94. The molecule has 0 saturated carbocycles. The van der Waals surface area contributed by atoms with Crippen molar-refractivity contribution in [3.63, 3.8) is 0 Å². The average molecular weight is 414 g/mol. The number of fused-ring (bicyclic) bond motifs is 3. The van der Waals surface area contributed by atoms with Crippen LogP contribution in [-0.2, 0) is 24.4 Å². The Labute approximate surface area is 178 Å². The molecular weight excluding hydrogens is 383 g/mol. The Morgan fingerprint density at radius 2 is 1.33 bits per heavy atom.